The average Bonchev–Trinajstić information content (AvgIpc) is 2.64. The molecular formula is C18H12F4N4O. The maximum absolute atomic E-state index is 12.9. The molecule has 2 N–H and O–H groups in total. The van der Waals surface area contributed by atoms with E-state index in [1.165, 1.54) is 48.8 Å². The lowest BCUT2D eigenvalue weighted by Crippen LogP contribution is -2.14. The van der Waals surface area contributed by atoms with Crippen molar-refractivity contribution >= 4 is 23.1 Å². The van der Waals surface area contributed by atoms with Crippen LogP contribution in [0.15, 0.2) is 60.9 Å². The van der Waals surface area contributed by atoms with Crippen molar-refractivity contribution in [2.24, 2.45) is 0 Å². The van der Waals surface area contributed by atoms with Gasteiger partial charge in [0, 0.05) is 11.4 Å². The van der Waals surface area contributed by atoms with Crippen LogP contribution in [0.3, 0.4) is 0 Å². The Labute approximate surface area is 151 Å². The Morgan fingerprint density at radius 2 is 1.48 bits per heavy atom. The molecule has 3 aromatic rings. The van der Waals surface area contributed by atoms with Gasteiger partial charge in [0.2, 0.25) is 0 Å². The number of anilines is 3. The minimum Gasteiger partial charge on any atom is -0.339 e. The fraction of sp³-hybridized carbons (Fsp3) is 0.0556. The van der Waals surface area contributed by atoms with Gasteiger partial charge in [-0.1, -0.05) is 0 Å². The van der Waals surface area contributed by atoms with Gasteiger partial charge in [-0.05, 0) is 48.5 Å². The first kappa shape index (κ1) is 18.3. The molecule has 9 heteroatoms. The van der Waals surface area contributed by atoms with Gasteiger partial charge in [-0.2, -0.15) is 13.2 Å². The van der Waals surface area contributed by atoms with Crippen LogP contribution in [0.4, 0.5) is 34.8 Å². The van der Waals surface area contributed by atoms with Gasteiger partial charge in [0.25, 0.3) is 5.91 Å². The van der Waals surface area contributed by atoms with Gasteiger partial charge in [-0.25, -0.2) is 14.4 Å². The van der Waals surface area contributed by atoms with Crippen LogP contribution in [0.25, 0.3) is 0 Å². The fourth-order valence-electron chi connectivity index (χ4n) is 2.13. The summed E-state index contributed by atoms with van der Waals surface area (Å²) < 4.78 is 50.5. The molecule has 0 aliphatic heterocycles. The van der Waals surface area contributed by atoms with Crippen LogP contribution < -0.4 is 10.6 Å². The molecule has 0 aliphatic carbocycles. The zero-order valence-electron chi connectivity index (χ0n) is 13.6. The number of nitrogens with zero attached hydrogens (tertiary/aromatic N) is 2. The largest absolute Gasteiger partial charge is 0.416 e. The maximum atomic E-state index is 12.9. The van der Waals surface area contributed by atoms with Gasteiger partial charge in [0.1, 0.15) is 17.3 Å². The van der Waals surface area contributed by atoms with E-state index < -0.39 is 23.5 Å². The highest BCUT2D eigenvalue weighted by atomic mass is 19.4. The third-order valence-corrected chi connectivity index (χ3v) is 3.47. The van der Waals surface area contributed by atoms with E-state index in [4.69, 9.17) is 0 Å². The van der Waals surface area contributed by atoms with Crippen LogP contribution in [0.1, 0.15) is 16.1 Å². The quantitative estimate of drug-likeness (QED) is 0.652. The summed E-state index contributed by atoms with van der Waals surface area (Å²) in [6, 6.07) is 9.64. The zero-order chi connectivity index (χ0) is 19.4. The van der Waals surface area contributed by atoms with Gasteiger partial charge in [0.05, 0.1) is 18.0 Å². The highest BCUT2D eigenvalue weighted by Gasteiger charge is 2.29. The molecule has 1 aromatic heterocycles. The molecule has 5 nitrogen and oxygen atoms in total. The summed E-state index contributed by atoms with van der Waals surface area (Å²) in [5, 5.41) is 5.33. The number of hydrogen-bond donors (Lipinski definition) is 2. The second kappa shape index (κ2) is 7.40. The van der Waals surface area contributed by atoms with E-state index in [1.54, 1.807) is 0 Å². The monoisotopic (exact) mass is 376 g/mol. The zero-order valence-corrected chi connectivity index (χ0v) is 13.6. The topological polar surface area (TPSA) is 66.9 Å². The molecule has 0 spiro atoms. The number of carbonyl (C=O) groups is 1. The lowest BCUT2D eigenvalue weighted by Gasteiger charge is -2.09. The molecule has 3 rings (SSSR count). The van der Waals surface area contributed by atoms with Crippen LogP contribution in [-0.4, -0.2) is 15.9 Å². The molecule has 1 amide bonds. The van der Waals surface area contributed by atoms with E-state index in [-0.39, 0.29) is 11.5 Å². The van der Waals surface area contributed by atoms with Crippen molar-refractivity contribution in [1.82, 2.24) is 9.97 Å². The average molecular weight is 376 g/mol. The number of hydrogen-bond acceptors (Lipinski definition) is 4. The second-order valence-corrected chi connectivity index (χ2v) is 5.45. The Morgan fingerprint density at radius 1 is 0.852 bits per heavy atom. The summed E-state index contributed by atoms with van der Waals surface area (Å²) in [5.74, 6) is -0.699. The van der Waals surface area contributed by atoms with Crippen molar-refractivity contribution in [3.05, 3.63) is 78.0 Å². The van der Waals surface area contributed by atoms with Crippen LogP contribution in [-0.2, 0) is 6.18 Å². The van der Waals surface area contributed by atoms with E-state index in [9.17, 15) is 22.4 Å². The molecule has 0 aliphatic rings. The van der Waals surface area contributed by atoms with Crippen LogP contribution in [0, 0.1) is 5.82 Å². The van der Waals surface area contributed by atoms with E-state index in [2.05, 4.69) is 20.6 Å². The minimum atomic E-state index is -4.40. The molecule has 0 saturated heterocycles. The Hall–Kier alpha value is -3.49. The first-order valence-corrected chi connectivity index (χ1v) is 7.64. The summed E-state index contributed by atoms with van der Waals surface area (Å²) in [7, 11) is 0. The number of amides is 1. The van der Waals surface area contributed by atoms with Crippen molar-refractivity contribution in [2.75, 3.05) is 10.6 Å². The molecule has 0 atom stereocenters. The van der Waals surface area contributed by atoms with Gasteiger partial charge in [-0.15, -0.1) is 0 Å². The van der Waals surface area contributed by atoms with Crippen LogP contribution in [0.2, 0.25) is 0 Å². The van der Waals surface area contributed by atoms with Crippen LogP contribution >= 0.6 is 0 Å². The maximum Gasteiger partial charge on any atom is 0.416 e. The molecule has 2 aromatic carbocycles. The number of alkyl halides is 3. The van der Waals surface area contributed by atoms with Gasteiger partial charge < -0.3 is 10.6 Å². The molecule has 0 radical (unpaired) electrons. The fourth-order valence-corrected chi connectivity index (χ4v) is 2.13. The predicted molar refractivity (Wildman–Crippen MR) is 91.1 cm³/mol. The van der Waals surface area contributed by atoms with Gasteiger partial charge in [0.15, 0.2) is 0 Å². The molecule has 0 fully saturated rings. The molecule has 0 saturated carbocycles. The minimum absolute atomic E-state index is 0.0253. The van der Waals surface area contributed by atoms with Crippen molar-refractivity contribution in [3.8, 4) is 0 Å². The van der Waals surface area contributed by atoms with Crippen molar-refractivity contribution in [3.63, 3.8) is 0 Å². The smallest absolute Gasteiger partial charge is 0.339 e. The summed E-state index contributed by atoms with van der Waals surface area (Å²) in [6.45, 7) is 0. The Kier molecular flexibility index (Phi) is 5.02. The Morgan fingerprint density at radius 3 is 2.04 bits per heavy atom. The lowest BCUT2D eigenvalue weighted by molar-refractivity contribution is -0.137. The second-order valence-electron chi connectivity index (χ2n) is 5.45. The van der Waals surface area contributed by atoms with Crippen molar-refractivity contribution in [2.45, 2.75) is 6.18 Å². The van der Waals surface area contributed by atoms with Gasteiger partial charge >= 0.3 is 6.18 Å². The molecule has 0 unspecified atom stereocenters. The van der Waals surface area contributed by atoms with Crippen molar-refractivity contribution in [1.29, 1.82) is 0 Å². The number of rotatable bonds is 4. The first-order chi connectivity index (χ1) is 12.8. The number of nitrogens with one attached hydrogen (secondary N) is 2. The summed E-state index contributed by atoms with van der Waals surface area (Å²) >= 11 is 0. The van der Waals surface area contributed by atoms with E-state index in [0.29, 0.717) is 11.4 Å². The number of halogens is 4. The lowest BCUT2D eigenvalue weighted by atomic mass is 10.2. The molecule has 138 valence electrons. The predicted octanol–water partition coefficient (Wildman–Crippen LogP) is 4.63. The van der Waals surface area contributed by atoms with E-state index in [0.717, 1.165) is 12.1 Å². The Bertz CT molecular complexity index is 924. The highest BCUT2D eigenvalue weighted by Crippen LogP contribution is 2.30. The number of benzene rings is 2. The molecule has 0 bridgehead atoms. The van der Waals surface area contributed by atoms with E-state index in [1.807, 2.05) is 0 Å². The highest BCUT2D eigenvalue weighted by molar-refractivity contribution is 6.02. The van der Waals surface area contributed by atoms with Crippen LogP contribution in [0.5, 0.6) is 0 Å². The number of carbonyl (C=O) groups excluding carboxylic acids is 1. The first-order valence-electron chi connectivity index (χ1n) is 7.64. The summed E-state index contributed by atoms with van der Waals surface area (Å²) in [4.78, 5) is 20.0. The SMILES string of the molecule is O=C(Nc1ccc(F)cc1)c1cnc(Nc2ccc(C(F)(F)F)cc2)cn1. The third kappa shape index (κ3) is 4.78. The molecular weight excluding hydrogens is 364 g/mol. The summed E-state index contributed by atoms with van der Waals surface area (Å²) in [5.41, 5.74) is 0.0558. The van der Waals surface area contributed by atoms with Gasteiger partial charge in [-0.3, -0.25) is 4.79 Å². The molecule has 1 heterocycles. The van der Waals surface area contributed by atoms with Crippen molar-refractivity contribution < 1.29 is 22.4 Å². The Balaban J connectivity index is 1.64. The third-order valence-electron chi connectivity index (χ3n) is 3.47. The normalized spacial score (nSPS) is 11.1. The van der Waals surface area contributed by atoms with E-state index >= 15 is 0 Å². The number of aromatic nitrogens is 2. The molecule has 27 heavy (non-hydrogen) atoms. The summed E-state index contributed by atoms with van der Waals surface area (Å²) in [6.07, 6.45) is -1.92. The standard InChI is InChI=1S/C18H12F4N4O/c19-12-3-7-14(8-4-12)26-17(27)15-9-24-16(10-23-15)25-13-5-1-11(2-6-13)18(20,21)22/h1-10H,(H,24,25)(H,26,27).